The van der Waals surface area contributed by atoms with Gasteiger partial charge in [-0.1, -0.05) is 30.3 Å². The minimum Gasteiger partial charge on any atom is -0.444 e. The lowest BCUT2D eigenvalue weighted by atomic mass is 9.89. The second-order valence-electron chi connectivity index (χ2n) is 8.28. The van der Waals surface area contributed by atoms with Crippen LogP contribution >= 0.6 is 0 Å². The standard InChI is InChI=1S/C20H30N2O2/c1-20(2,3)24-19(23)22-13-16(11-15-7-5-4-6-8-15)17(14-22)12-21-18-9-10-18/h4-8,16-18,21H,9-14H2,1-3H3/t16-,17+/m1/s1. The van der Waals surface area contributed by atoms with E-state index in [1.165, 1.54) is 18.4 Å². The van der Waals surface area contributed by atoms with Crippen LogP contribution in [0.2, 0.25) is 0 Å². The number of ether oxygens (including phenoxy) is 1. The molecule has 1 N–H and O–H groups in total. The van der Waals surface area contributed by atoms with Gasteiger partial charge in [-0.3, -0.25) is 0 Å². The summed E-state index contributed by atoms with van der Waals surface area (Å²) in [5.41, 5.74) is 0.918. The van der Waals surface area contributed by atoms with Crippen molar-refractivity contribution in [2.24, 2.45) is 11.8 Å². The maximum absolute atomic E-state index is 12.4. The summed E-state index contributed by atoms with van der Waals surface area (Å²) in [5.74, 6) is 0.990. The van der Waals surface area contributed by atoms with Crippen LogP contribution in [-0.4, -0.2) is 42.3 Å². The molecule has 2 aliphatic rings. The molecule has 1 aromatic rings. The van der Waals surface area contributed by atoms with Gasteiger partial charge in [-0.25, -0.2) is 4.79 Å². The predicted octanol–water partition coefficient (Wildman–Crippen LogP) is 3.46. The van der Waals surface area contributed by atoms with Crippen molar-refractivity contribution in [2.45, 2.75) is 51.7 Å². The second-order valence-corrected chi connectivity index (χ2v) is 8.28. The van der Waals surface area contributed by atoms with E-state index < -0.39 is 5.60 Å². The van der Waals surface area contributed by atoms with E-state index in [0.717, 1.165) is 26.1 Å². The molecule has 1 aliphatic heterocycles. The maximum atomic E-state index is 12.4. The lowest BCUT2D eigenvalue weighted by Crippen LogP contribution is -2.36. The van der Waals surface area contributed by atoms with Gasteiger partial charge in [0.15, 0.2) is 0 Å². The van der Waals surface area contributed by atoms with Crippen molar-refractivity contribution in [3.05, 3.63) is 35.9 Å². The van der Waals surface area contributed by atoms with Gasteiger partial charge >= 0.3 is 6.09 Å². The van der Waals surface area contributed by atoms with Crippen LogP contribution in [0.15, 0.2) is 30.3 Å². The van der Waals surface area contributed by atoms with E-state index in [2.05, 4.69) is 35.6 Å². The summed E-state index contributed by atoms with van der Waals surface area (Å²) in [6, 6.07) is 11.3. The summed E-state index contributed by atoms with van der Waals surface area (Å²) in [5, 5.41) is 3.64. The molecule has 1 saturated heterocycles. The molecule has 132 valence electrons. The van der Waals surface area contributed by atoms with Gasteiger partial charge in [0.1, 0.15) is 5.60 Å². The number of amides is 1. The Bertz CT molecular complexity index is 549. The third-order valence-corrected chi connectivity index (χ3v) is 4.81. The molecule has 1 saturated carbocycles. The zero-order chi connectivity index (χ0) is 17.2. The molecule has 1 aromatic carbocycles. The lowest BCUT2D eigenvalue weighted by molar-refractivity contribution is 0.0284. The van der Waals surface area contributed by atoms with Crippen molar-refractivity contribution in [3.8, 4) is 0 Å². The lowest BCUT2D eigenvalue weighted by Gasteiger charge is -2.24. The smallest absolute Gasteiger partial charge is 0.410 e. The van der Waals surface area contributed by atoms with Gasteiger partial charge < -0.3 is 15.0 Å². The van der Waals surface area contributed by atoms with Crippen LogP contribution in [-0.2, 0) is 11.2 Å². The van der Waals surface area contributed by atoms with Gasteiger partial charge in [0.25, 0.3) is 0 Å². The monoisotopic (exact) mass is 330 g/mol. The number of nitrogens with zero attached hydrogens (tertiary/aromatic N) is 1. The number of benzene rings is 1. The molecule has 0 spiro atoms. The average molecular weight is 330 g/mol. The van der Waals surface area contributed by atoms with Crippen LogP contribution in [0.4, 0.5) is 4.79 Å². The van der Waals surface area contributed by atoms with E-state index in [4.69, 9.17) is 4.74 Å². The summed E-state index contributed by atoms with van der Waals surface area (Å²) in [4.78, 5) is 14.3. The molecular weight excluding hydrogens is 300 g/mol. The first-order chi connectivity index (χ1) is 11.4. The van der Waals surface area contributed by atoms with E-state index in [9.17, 15) is 4.79 Å². The van der Waals surface area contributed by atoms with E-state index >= 15 is 0 Å². The summed E-state index contributed by atoms with van der Waals surface area (Å²) in [6.07, 6.45) is 3.45. The van der Waals surface area contributed by atoms with Crippen LogP contribution in [0.1, 0.15) is 39.2 Å². The highest BCUT2D eigenvalue weighted by Gasteiger charge is 2.37. The average Bonchev–Trinajstić information content (AvgIpc) is 3.25. The minimum absolute atomic E-state index is 0.172. The number of hydrogen-bond donors (Lipinski definition) is 1. The van der Waals surface area contributed by atoms with E-state index in [1.54, 1.807) is 0 Å². The largest absolute Gasteiger partial charge is 0.444 e. The molecule has 0 aromatic heterocycles. The molecule has 0 unspecified atom stereocenters. The summed E-state index contributed by atoms with van der Waals surface area (Å²) >= 11 is 0. The first-order valence-electron chi connectivity index (χ1n) is 9.16. The Kier molecular flexibility index (Phi) is 5.14. The molecule has 4 heteroatoms. The van der Waals surface area contributed by atoms with Crippen LogP contribution in [0, 0.1) is 11.8 Å². The topological polar surface area (TPSA) is 41.6 Å². The Hall–Kier alpha value is -1.55. The predicted molar refractivity (Wildman–Crippen MR) is 96.0 cm³/mol. The molecule has 0 bridgehead atoms. The molecule has 2 fully saturated rings. The van der Waals surface area contributed by atoms with Crippen molar-refractivity contribution in [3.63, 3.8) is 0 Å². The van der Waals surface area contributed by atoms with Crippen molar-refractivity contribution in [2.75, 3.05) is 19.6 Å². The fourth-order valence-corrected chi connectivity index (χ4v) is 3.40. The number of nitrogens with one attached hydrogen (secondary N) is 1. The van der Waals surface area contributed by atoms with Gasteiger partial charge in [-0.05, 0) is 57.4 Å². The Morgan fingerprint density at radius 3 is 2.46 bits per heavy atom. The number of hydrogen-bond acceptors (Lipinski definition) is 3. The van der Waals surface area contributed by atoms with Crippen molar-refractivity contribution in [1.29, 1.82) is 0 Å². The number of rotatable bonds is 5. The first kappa shape index (κ1) is 17.3. The zero-order valence-corrected chi connectivity index (χ0v) is 15.1. The van der Waals surface area contributed by atoms with Gasteiger partial charge in [0.05, 0.1) is 0 Å². The third-order valence-electron chi connectivity index (χ3n) is 4.81. The van der Waals surface area contributed by atoms with Crippen LogP contribution in [0.5, 0.6) is 0 Å². The third kappa shape index (κ3) is 4.97. The van der Waals surface area contributed by atoms with Crippen LogP contribution in [0.25, 0.3) is 0 Å². The number of likely N-dealkylation sites (tertiary alicyclic amines) is 1. The Labute approximate surface area is 145 Å². The van der Waals surface area contributed by atoms with Crippen LogP contribution in [0.3, 0.4) is 0 Å². The molecule has 4 nitrogen and oxygen atoms in total. The summed E-state index contributed by atoms with van der Waals surface area (Å²) in [6.45, 7) is 8.37. The molecule has 0 radical (unpaired) electrons. The first-order valence-corrected chi connectivity index (χ1v) is 9.16. The highest BCUT2D eigenvalue weighted by molar-refractivity contribution is 5.68. The van der Waals surface area contributed by atoms with Crippen molar-refractivity contribution >= 4 is 6.09 Å². The highest BCUT2D eigenvalue weighted by atomic mass is 16.6. The molecular formula is C20H30N2O2. The van der Waals surface area contributed by atoms with Gasteiger partial charge in [-0.2, -0.15) is 0 Å². The quantitative estimate of drug-likeness (QED) is 0.899. The Balaban J connectivity index is 1.63. The van der Waals surface area contributed by atoms with Crippen molar-refractivity contribution in [1.82, 2.24) is 10.2 Å². The Morgan fingerprint density at radius 1 is 1.17 bits per heavy atom. The fourth-order valence-electron chi connectivity index (χ4n) is 3.40. The van der Waals surface area contributed by atoms with Crippen LogP contribution < -0.4 is 5.32 Å². The Morgan fingerprint density at radius 2 is 1.83 bits per heavy atom. The fraction of sp³-hybridized carbons (Fsp3) is 0.650. The SMILES string of the molecule is CC(C)(C)OC(=O)N1C[C@@H](Cc2ccccc2)[C@@H](CNC2CC2)C1. The van der Waals surface area contributed by atoms with Gasteiger partial charge in [0, 0.05) is 25.7 Å². The molecule has 1 heterocycles. The maximum Gasteiger partial charge on any atom is 0.410 e. The molecule has 24 heavy (non-hydrogen) atoms. The van der Waals surface area contributed by atoms with E-state index in [-0.39, 0.29) is 6.09 Å². The number of carbonyl (C=O) groups excluding carboxylic acids is 1. The zero-order valence-electron chi connectivity index (χ0n) is 15.1. The van der Waals surface area contributed by atoms with E-state index in [1.807, 2.05) is 25.7 Å². The summed E-state index contributed by atoms with van der Waals surface area (Å²) in [7, 11) is 0. The second kappa shape index (κ2) is 7.14. The minimum atomic E-state index is -0.434. The van der Waals surface area contributed by atoms with Gasteiger partial charge in [-0.15, -0.1) is 0 Å². The molecule has 1 amide bonds. The highest BCUT2D eigenvalue weighted by Crippen LogP contribution is 2.29. The molecule has 2 atom stereocenters. The molecule has 1 aliphatic carbocycles. The molecule has 3 rings (SSSR count). The normalized spacial score (nSPS) is 24.2. The van der Waals surface area contributed by atoms with Crippen molar-refractivity contribution < 1.29 is 9.53 Å². The number of carbonyl (C=O) groups is 1. The van der Waals surface area contributed by atoms with Gasteiger partial charge in [0.2, 0.25) is 0 Å². The van der Waals surface area contributed by atoms with E-state index in [0.29, 0.717) is 17.9 Å². The summed E-state index contributed by atoms with van der Waals surface area (Å²) < 4.78 is 5.57.